The number of hydrogen-bond acceptors (Lipinski definition) is 4. The Hall–Kier alpha value is -3.69. The molecule has 0 aliphatic carbocycles. The number of halogens is 2. The fraction of sp³-hybridized carbons (Fsp3) is 0.0455. The van der Waals surface area contributed by atoms with E-state index < -0.39 is 11.7 Å². The number of benzene rings is 3. The molecule has 29 heavy (non-hydrogen) atoms. The predicted molar refractivity (Wildman–Crippen MR) is 108 cm³/mol. The molecule has 0 fully saturated rings. The van der Waals surface area contributed by atoms with Crippen molar-refractivity contribution in [2.75, 3.05) is 5.32 Å². The van der Waals surface area contributed by atoms with Crippen LogP contribution in [0.4, 0.5) is 10.1 Å². The molecule has 1 amide bonds. The average molecular weight is 406 g/mol. The normalized spacial score (nSPS) is 10.7. The minimum absolute atomic E-state index is 0.130. The van der Waals surface area contributed by atoms with Gasteiger partial charge in [0.1, 0.15) is 11.3 Å². The fourth-order valence-corrected chi connectivity index (χ4v) is 3.03. The Kier molecular flexibility index (Phi) is 4.75. The molecule has 3 aromatic carbocycles. The van der Waals surface area contributed by atoms with Crippen LogP contribution in [0.1, 0.15) is 21.5 Å². The highest BCUT2D eigenvalue weighted by atomic mass is 35.5. The zero-order valence-electron chi connectivity index (χ0n) is 15.2. The maximum atomic E-state index is 14.1. The number of hydrogen-bond donors (Lipinski definition) is 1. The molecule has 1 N–H and O–H groups in total. The van der Waals surface area contributed by atoms with Crippen molar-refractivity contribution >= 4 is 34.3 Å². The van der Waals surface area contributed by atoms with Crippen LogP contribution in [-0.2, 0) is 0 Å². The molecule has 0 unspecified atom stereocenters. The number of carbonyl (C=O) groups is 1. The van der Waals surface area contributed by atoms with Crippen molar-refractivity contribution in [3.63, 3.8) is 0 Å². The molecule has 7 heteroatoms. The highest BCUT2D eigenvalue weighted by molar-refractivity contribution is 6.34. The number of rotatable bonds is 3. The Bertz CT molecular complexity index is 1310. The second-order valence-corrected chi connectivity index (χ2v) is 6.85. The molecule has 5 nitrogen and oxygen atoms in total. The van der Waals surface area contributed by atoms with Gasteiger partial charge in [0.25, 0.3) is 5.91 Å². The number of oxazole rings is 1. The van der Waals surface area contributed by atoms with Gasteiger partial charge in [-0.15, -0.1) is 0 Å². The summed E-state index contributed by atoms with van der Waals surface area (Å²) in [5.41, 5.74) is 3.25. The molecular formula is C22H13ClFN3O2. The first-order valence-corrected chi connectivity index (χ1v) is 9.00. The Morgan fingerprint density at radius 3 is 2.76 bits per heavy atom. The van der Waals surface area contributed by atoms with Crippen LogP contribution in [-0.4, -0.2) is 10.9 Å². The SMILES string of the molecule is Cc1ccc2nc(-c3ccc(Cl)c(NC(=O)c4ccc(C#N)cc4F)c3)oc2c1. The summed E-state index contributed by atoms with van der Waals surface area (Å²) in [7, 11) is 0. The zero-order valence-corrected chi connectivity index (χ0v) is 15.9. The first-order valence-electron chi connectivity index (χ1n) is 8.63. The molecule has 0 radical (unpaired) electrons. The van der Waals surface area contributed by atoms with Crippen LogP contribution in [0.3, 0.4) is 0 Å². The van der Waals surface area contributed by atoms with Gasteiger partial charge in [-0.1, -0.05) is 17.7 Å². The molecule has 4 rings (SSSR count). The summed E-state index contributed by atoms with van der Waals surface area (Å²) < 4.78 is 19.9. The Morgan fingerprint density at radius 1 is 1.17 bits per heavy atom. The largest absolute Gasteiger partial charge is 0.436 e. The fourth-order valence-electron chi connectivity index (χ4n) is 2.87. The smallest absolute Gasteiger partial charge is 0.258 e. The van der Waals surface area contributed by atoms with Crippen molar-refractivity contribution in [3.05, 3.63) is 82.1 Å². The second kappa shape index (κ2) is 7.38. The number of amides is 1. The van der Waals surface area contributed by atoms with Crippen LogP contribution in [0.2, 0.25) is 5.02 Å². The number of nitrogens with one attached hydrogen (secondary N) is 1. The molecule has 4 aromatic rings. The van der Waals surface area contributed by atoms with Crippen LogP contribution in [0, 0.1) is 24.1 Å². The topological polar surface area (TPSA) is 78.9 Å². The Balaban J connectivity index is 1.66. The van der Waals surface area contributed by atoms with Crippen LogP contribution in [0.25, 0.3) is 22.6 Å². The summed E-state index contributed by atoms with van der Waals surface area (Å²) in [5.74, 6) is -1.09. The first kappa shape index (κ1) is 18.7. The molecule has 0 saturated carbocycles. The molecule has 0 aliphatic rings. The molecule has 0 spiro atoms. The molecule has 0 saturated heterocycles. The quantitative estimate of drug-likeness (QED) is 0.472. The van der Waals surface area contributed by atoms with Crippen LogP contribution < -0.4 is 5.32 Å². The lowest BCUT2D eigenvalue weighted by molar-refractivity contribution is 0.102. The van der Waals surface area contributed by atoms with Gasteiger partial charge in [0, 0.05) is 5.56 Å². The van der Waals surface area contributed by atoms with E-state index in [9.17, 15) is 9.18 Å². The highest BCUT2D eigenvalue weighted by Gasteiger charge is 2.16. The third-order valence-electron chi connectivity index (χ3n) is 4.35. The third-order valence-corrected chi connectivity index (χ3v) is 4.68. The van der Waals surface area contributed by atoms with E-state index in [-0.39, 0.29) is 21.8 Å². The molecule has 0 bridgehead atoms. The summed E-state index contributed by atoms with van der Waals surface area (Å²) in [6.45, 7) is 1.96. The minimum atomic E-state index is -0.789. The maximum Gasteiger partial charge on any atom is 0.258 e. The molecule has 0 aliphatic heterocycles. The van der Waals surface area contributed by atoms with Gasteiger partial charge in [-0.3, -0.25) is 4.79 Å². The Morgan fingerprint density at radius 2 is 2.00 bits per heavy atom. The van der Waals surface area contributed by atoms with E-state index in [1.54, 1.807) is 18.2 Å². The van der Waals surface area contributed by atoms with Gasteiger partial charge in [0.05, 0.1) is 27.9 Å². The van der Waals surface area contributed by atoms with E-state index in [0.29, 0.717) is 22.6 Å². The van der Waals surface area contributed by atoms with Crippen molar-refractivity contribution in [3.8, 4) is 17.5 Å². The number of aryl methyl sites for hydroxylation is 1. The lowest BCUT2D eigenvalue weighted by Crippen LogP contribution is -2.14. The van der Waals surface area contributed by atoms with Gasteiger partial charge in [-0.2, -0.15) is 5.26 Å². The van der Waals surface area contributed by atoms with Crippen molar-refractivity contribution in [1.29, 1.82) is 5.26 Å². The number of nitrogens with zero attached hydrogens (tertiary/aromatic N) is 2. The maximum absolute atomic E-state index is 14.1. The van der Waals surface area contributed by atoms with Crippen LogP contribution in [0.15, 0.2) is 59.0 Å². The summed E-state index contributed by atoms with van der Waals surface area (Å²) in [4.78, 5) is 16.9. The average Bonchev–Trinajstić information content (AvgIpc) is 3.12. The van der Waals surface area contributed by atoms with E-state index in [1.165, 1.54) is 12.1 Å². The zero-order chi connectivity index (χ0) is 20.5. The minimum Gasteiger partial charge on any atom is -0.436 e. The van der Waals surface area contributed by atoms with Crippen molar-refractivity contribution in [2.45, 2.75) is 6.92 Å². The van der Waals surface area contributed by atoms with Crippen molar-refractivity contribution < 1.29 is 13.6 Å². The van der Waals surface area contributed by atoms with Crippen LogP contribution >= 0.6 is 11.6 Å². The van der Waals surface area contributed by atoms with Gasteiger partial charge in [-0.25, -0.2) is 9.37 Å². The van der Waals surface area contributed by atoms with Gasteiger partial charge < -0.3 is 9.73 Å². The number of carbonyl (C=O) groups excluding carboxylic acids is 1. The molecule has 142 valence electrons. The summed E-state index contributed by atoms with van der Waals surface area (Å²) in [6.07, 6.45) is 0. The molecule has 1 heterocycles. The standard InChI is InChI=1S/C22H13ClFN3O2/c1-12-2-7-18-20(8-12)29-22(27-18)14-4-6-16(23)19(10-14)26-21(28)15-5-3-13(11-25)9-17(15)24/h2-10H,1H3,(H,26,28). The third kappa shape index (κ3) is 3.68. The van der Waals surface area contributed by atoms with Crippen molar-refractivity contribution in [1.82, 2.24) is 4.98 Å². The number of aromatic nitrogens is 1. The van der Waals surface area contributed by atoms with Gasteiger partial charge in [0.2, 0.25) is 5.89 Å². The lowest BCUT2D eigenvalue weighted by atomic mass is 10.1. The number of fused-ring (bicyclic) bond motifs is 1. The van der Waals surface area contributed by atoms with Crippen molar-refractivity contribution in [2.24, 2.45) is 0 Å². The lowest BCUT2D eigenvalue weighted by Gasteiger charge is -2.09. The van der Waals surface area contributed by atoms with E-state index in [0.717, 1.165) is 11.6 Å². The van der Waals surface area contributed by atoms with E-state index in [2.05, 4.69) is 10.3 Å². The van der Waals surface area contributed by atoms with Gasteiger partial charge in [-0.05, 0) is 61.0 Å². The monoisotopic (exact) mass is 405 g/mol. The van der Waals surface area contributed by atoms with E-state index in [4.69, 9.17) is 21.3 Å². The second-order valence-electron chi connectivity index (χ2n) is 6.45. The summed E-state index contributed by atoms with van der Waals surface area (Å²) in [6, 6.07) is 16.1. The van der Waals surface area contributed by atoms with Gasteiger partial charge >= 0.3 is 0 Å². The van der Waals surface area contributed by atoms with E-state index >= 15 is 0 Å². The Labute approximate surface area is 170 Å². The molecule has 0 atom stereocenters. The summed E-state index contributed by atoms with van der Waals surface area (Å²) >= 11 is 6.20. The predicted octanol–water partition coefficient (Wildman–Crippen LogP) is 5.72. The summed E-state index contributed by atoms with van der Waals surface area (Å²) in [5, 5.41) is 11.7. The number of anilines is 1. The molecule has 1 aromatic heterocycles. The molecular weight excluding hydrogens is 393 g/mol. The van der Waals surface area contributed by atoms with Gasteiger partial charge in [0.15, 0.2) is 5.58 Å². The first-order chi connectivity index (χ1) is 13.9. The van der Waals surface area contributed by atoms with E-state index in [1.807, 2.05) is 31.2 Å². The number of nitriles is 1. The highest BCUT2D eigenvalue weighted by Crippen LogP contribution is 2.31. The van der Waals surface area contributed by atoms with Crippen LogP contribution in [0.5, 0.6) is 0 Å².